The maximum atomic E-state index is 3.35. The van der Waals surface area contributed by atoms with E-state index in [2.05, 4.69) is 43.4 Å². The van der Waals surface area contributed by atoms with Gasteiger partial charge in [-0.25, -0.2) is 0 Å². The molecule has 0 bridgehead atoms. The summed E-state index contributed by atoms with van der Waals surface area (Å²) >= 11 is 0. The van der Waals surface area contributed by atoms with E-state index in [-0.39, 0.29) is 5.66 Å². The molecule has 0 amide bonds. The fourth-order valence-electron chi connectivity index (χ4n) is 0.831. The molecule has 0 fully saturated rings. The Morgan fingerprint density at radius 2 is 2.22 bits per heavy atom. The second-order valence-electron chi connectivity index (χ2n) is 2.94. The minimum absolute atomic E-state index is 0.134. The van der Waals surface area contributed by atoms with Crippen molar-refractivity contribution in [3.8, 4) is 0 Å². The summed E-state index contributed by atoms with van der Waals surface area (Å²) in [5.41, 5.74) is 0.134. The highest BCUT2D eigenvalue weighted by Crippen LogP contribution is 2.10. The lowest BCUT2D eigenvalue weighted by molar-refractivity contribution is 0.168. The van der Waals surface area contributed by atoms with Gasteiger partial charge in [0.25, 0.3) is 0 Å². The van der Waals surface area contributed by atoms with Gasteiger partial charge >= 0.3 is 0 Å². The number of nitrogens with one attached hydrogen (secondary N) is 1. The third kappa shape index (κ3) is 1.24. The molecule has 2 nitrogen and oxygen atoms in total. The Labute approximate surface area is 56.5 Å². The van der Waals surface area contributed by atoms with E-state index in [1.807, 2.05) is 0 Å². The average molecular weight is 126 g/mol. The first kappa shape index (κ1) is 6.62. The molecular formula is C7H14N2. The van der Waals surface area contributed by atoms with Crippen LogP contribution in [0.1, 0.15) is 13.8 Å². The first-order valence-electron chi connectivity index (χ1n) is 3.27. The molecule has 0 atom stereocenters. The summed E-state index contributed by atoms with van der Waals surface area (Å²) in [7, 11) is 2.07. The predicted octanol–water partition coefficient (Wildman–Crippen LogP) is 0.771. The highest BCUT2D eigenvalue weighted by Gasteiger charge is 2.21. The van der Waals surface area contributed by atoms with Crippen molar-refractivity contribution in [2.75, 3.05) is 13.6 Å². The second-order valence-corrected chi connectivity index (χ2v) is 2.94. The monoisotopic (exact) mass is 126 g/mol. The normalized spacial score (nSPS) is 24.6. The molecule has 1 heterocycles. The number of rotatable bonds is 0. The van der Waals surface area contributed by atoms with Gasteiger partial charge in [0.2, 0.25) is 0 Å². The standard InChI is InChI=1S/C7H14N2/c1-7(2)8-5-4-6-9(7)3/h4,6,8H,5H2,1-3H3. The molecule has 0 aromatic rings. The van der Waals surface area contributed by atoms with Gasteiger partial charge in [0.05, 0.1) is 5.66 Å². The third-order valence-electron chi connectivity index (χ3n) is 1.86. The van der Waals surface area contributed by atoms with E-state index in [4.69, 9.17) is 0 Å². The van der Waals surface area contributed by atoms with E-state index in [1.54, 1.807) is 0 Å². The second kappa shape index (κ2) is 2.03. The minimum atomic E-state index is 0.134. The minimum Gasteiger partial charge on any atom is -0.363 e. The molecule has 1 rings (SSSR count). The summed E-state index contributed by atoms with van der Waals surface area (Å²) in [6.07, 6.45) is 4.22. The molecule has 0 radical (unpaired) electrons. The third-order valence-corrected chi connectivity index (χ3v) is 1.86. The molecule has 0 aromatic heterocycles. The van der Waals surface area contributed by atoms with Crippen LogP contribution in [-0.4, -0.2) is 24.2 Å². The SMILES string of the molecule is CN1C=CCNC1(C)C. The molecule has 0 spiro atoms. The smallest absolute Gasteiger partial charge is 0.0844 e. The summed E-state index contributed by atoms with van der Waals surface area (Å²) in [5, 5.41) is 3.35. The van der Waals surface area contributed by atoms with E-state index in [1.165, 1.54) is 0 Å². The zero-order valence-electron chi connectivity index (χ0n) is 6.31. The summed E-state index contributed by atoms with van der Waals surface area (Å²) < 4.78 is 0. The van der Waals surface area contributed by atoms with E-state index in [0.29, 0.717) is 0 Å². The Morgan fingerprint density at radius 1 is 1.56 bits per heavy atom. The molecule has 0 aromatic carbocycles. The van der Waals surface area contributed by atoms with Crippen LogP contribution in [0, 0.1) is 0 Å². The molecule has 1 aliphatic rings. The van der Waals surface area contributed by atoms with Crippen LogP contribution in [0.4, 0.5) is 0 Å². The number of hydrogen-bond donors (Lipinski definition) is 1. The van der Waals surface area contributed by atoms with Gasteiger partial charge in [-0.1, -0.05) is 6.08 Å². The van der Waals surface area contributed by atoms with Gasteiger partial charge in [-0.15, -0.1) is 0 Å². The Kier molecular flexibility index (Phi) is 1.49. The van der Waals surface area contributed by atoms with E-state index < -0.39 is 0 Å². The van der Waals surface area contributed by atoms with Crippen molar-refractivity contribution in [3.63, 3.8) is 0 Å². The van der Waals surface area contributed by atoms with Crippen molar-refractivity contribution in [3.05, 3.63) is 12.3 Å². The first-order valence-corrected chi connectivity index (χ1v) is 3.27. The Morgan fingerprint density at radius 3 is 2.56 bits per heavy atom. The van der Waals surface area contributed by atoms with Gasteiger partial charge in [0, 0.05) is 13.6 Å². The Balaban J connectivity index is 2.66. The lowest BCUT2D eigenvalue weighted by Gasteiger charge is -2.38. The molecule has 52 valence electrons. The van der Waals surface area contributed by atoms with E-state index in [9.17, 15) is 0 Å². The molecule has 9 heavy (non-hydrogen) atoms. The molecule has 0 saturated carbocycles. The van der Waals surface area contributed by atoms with Gasteiger partial charge in [-0.3, -0.25) is 5.32 Å². The van der Waals surface area contributed by atoms with E-state index >= 15 is 0 Å². The van der Waals surface area contributed by atoms with Crippen molar-refractivity contribution in [2.24, 2.45) is 0 Å². The maximum absolute atomic E-state index is 3.35. The van der Waals surface area contributed by atoms with Crippen LogP contribution in [0.5, 0.6) is 0 Å². The predicted molar refractivity (Wildman–Crippen MR) is 39.0 cm³/mol. The van der Waals surface area contributed by atoms with Crippen LogP contribution in [0.2, 0.25) is 0 Å². The molecule has 1 N–H and O–H groups in total. The van der Waals surface area contributed by atoms with Crippen molar-refractivity contribution in [2.45, 2.75) is 19.5 Å². The highest BCUT2D eigenvalue weighted by atomic mass is 15.3. The van der Waals surface area contributed by atoms with Gasteiger partial charge in [0.15, 0.2) is 0 Å². The van der Waals surface area contributed by atoms with Crippen LogP contribution in [-0.2, 0) is 0 Å². The molecule has 2 heteroatoms. The molecule has 0 aliphatic carbocycles. The lowest BCUT2D eigenvalue weighted by Crippen LogP contribution is -2.52. The van der Waals surface area contributed by atoms with E-state index in [0.717, 1.165) is 6.54 Å². The Bertz CT molecular complexity index is 127. The van der Waals surface area contributed by atoms with Gasteiger partial charge < -0.3 is 4.90 Å². The van der Waals surface area contributed by atoms with Gasteiger partial charge in [-0.05, 0) is 20.0 Å². The number of hydrogen-bond acceptors (Lipinski definition) is 2. The van der Waals surface area contributed by atoms with Crippen LogP contribution in [0.25, 0.3) is 0 Å². The number of nitrogens with zero attached hydrogens (tertiary/aromatic N) is 1. The van der Waals surface area contributed by atoms with Crippen molar-refractivity contribution < 1.29 is 0 Å². The summed E-state index contributed by atoms with van der Waals surface area (Å²) in [5.74, 6) is 0. The largest absolute Gasteiger partial charge is 0.363 e. The molecule has 0 saturated heterocycles. The Hall–Kier alpha value is -0.500. The molecular weight excluding hydrogens is 112 g/mol. The van der Waals surface area contributed by atoms with Crippen molar-refractivity contribution in [1.82, 2.24) is 10.2 Å². The maximum Gasteiger partial charge on any atom is 0.0844 e. The molecule has 1 aliphatic heterocycles. The van der Waals surface area contributed by atoms with Crippen LogP contribution in [0.15, 0.2) is 12.3 Å². The average Bonchev–Trinajstić information content (AvgIpc) is 1.77. The van der Waals surface area contributed by atoms with Crippen LogP contribution >= 0.6 is 0 Å². The summed E-state index contributed by atoms with van der Waals surface area (Å²) in [4.78, 5) is 2.16. The lowest BCUT2D eigenvalue weighted by atomic mass is 10.2. The zero-order chi connectivity index (χ0) is 6.91. The fraction of sp³-hybridized carbons (Fsp3) is 0.714. The van der Waals surface area contributed by atoms with Crippen molar-refractivity contribution >= 4 is 0 Å². The summed E-state index contributed by atoms with van der Waals surface area (Å²) in [6, 6.07) is 0. The topological polar surface area (TPSA) is 15.3 Å². The highest BCUT2D eigenvalue weighted by molar-refractivity contribution is 4.96. The van der Waals surface area contributed by atoms with Crippen molar-refractivity contribution in [1.29, 1.82) is 0 Å². The van der Waals surface area contributed by atoms with Crippen LogP contribution in [0.3, 0.4) is 0 Å². The quantitative estimate of drug-likeness (QED) is 0.516. The zero-order valence-corrected chi connectivity index (χ0v) is 6.31. The first-order chi connectivity index (χ1) is 4.13. The fourth-order valence-corrected chi connectivity index (χ4v) is 0.831. The molecule has 0 unspecified atom stereocenters. The van der Waals surface area contributed by atoms with Gasteiger partial charge in [0.1, 0.15) is 0 Å². The summed E-state index contributed by atoms with van der Waals surface area (Å²) in [6.45, 7) is 5.31. The van der Waals surface area contributed by atoms with Crippen LogP contribution < -0.4 is 5.32 Å². The van der Waals surface area contributed by atoms with Gasteiger partial charge in [-0.2, -0.15) is 0 Å².